The van der Waals surface area contributed by atoms with Gasteiger partial charge in [0.1, 0.15) is 12.2 Å². The van der Waals surface area contributed by atoms with Crippen molar-refractivity contribution < 1.29 is 14.3 Å². The lowest BCUT2D eigenvalue weighted by Crippen LogP contribution is -2.45. The molecular weight excluding hydrogens is 492 g/mol. The number of hydrogen-bond acceptors (Lipinski definition) is 3. The number of ether oxygens (including phenoxy) is 2. The molecule has 0 aromatic heterocycles. The van der Waals surface area contributed by atoms with Crippen molar-refractivity contribution in [3.63, 3.8) is 0 Å². The summed E-state index contributed by atoms with van der Waals surface area (Å²) in [7, 11) is 0. The van der Waals surface area contributed by atoms with Crippen LogP contribution >= 0.6 is 0 Å². The van der Waals surface area contributed by atoms with Crippen LogP contribution in [0.1, 0.15) is 22.3 Å². The van der Waals surface area contributed by atoms with Crippen molar-refractivity contribution in [2.45, 2.75) is 23.0 Å². The van der Waals surface area contributed by atoms with Crippen LogP contribution in [0, 0.1) is 0 Å². The van der Waals surface area contributed by atoms with E-state index in [0.29, 0.717) is 0 Å². The lowest BCUT2D eigenvalue weighted by atomic mass is 9.68. The summed E-state index contributed by atoms with van der Waals surface area (Å²) in [4.78, 5) is 13.7. The fraction of sp³-hybridized carbons (Fsp3) is 0.108. The van der Waals surface area contributed by atoms with E-state index in [4.69, 9.17) is 9.47 Å². The molecule has 2 aliphatic carbocycles. The van der Waals surface area contributed by atoms with Crippen LogP contribution in [0.5, 0.6) is 0 Å². The summed E-state index contributed by atoms with van der Waals surface area (Å²) in [6.07, 6.45) is 14.0. The Labute approximate surface area is 235 Å². The molecule has 2 aliphatic rings. The van der Waals surface area contributed by atoms with Crippen LogP contribution in [0.4, 0.5) is 4.79 Å². The van der Waals surface area contributed by atoms with Crippen LogP contribution in [-0.2, 0) is 20.3 Å². The van der Waals surface area contributed by atoms with Crippen molar-refractivity contribution in [3.05, 3.63) is 192 Å². The number of hydrogen-bond donors (Lipinski definition) is 0. The molecule has 0 amide bonds. The number of carbonyl (C=O) groups excluding carboxylic acids is 1. The van der Waals surface area contributed by atoms with Crippen molar-refractivity contribution in [3.8, 4) is 0 Å². The first-order valence-electron chi connectivity index (χ1n) is 13.5. The van der Waals surface area contributed by atoms with E-state index in [1.54, 1.807) is 0 Å². The van der Waals surface area contributed by atoms with Gasteiger partial charge in [0.25, 0.3) is 0 Å². The third-order valence-corrected chi connectivity index (χ3v) is 7.86. The van der Waals surface area contributed by atoms with Gasteiger partial charge in [0.05, 0.1) is 10.8 Å². The van der Waals surface area contributed by atoms with Crippen LogP contribution in [0.25, 0.3) is 0 Å². The van der Waals surface area contributed by atoms with Gasteiger partial charge in [0, 0.05) is 0 Å². The number of allylic oxidation sites excluding steroid dienone is 4. The van der Waals surface area contributed by atoms with Gasteiger partial charge in [0.15, 0.2) is 0 Å². The summed E-state index contributed by atoms with van der Waals surface area (Å²) in [5.41, 5.74) is 2.72. The highest BCUT2D eigenvalue weighted by Gasteiger charge is 2.45. The van der Waals surface area contributed by atoms with E-state index in [1.807, 2.05) is 109 Å². The Hall–Kier alpha value is -4.89. The molecule has 4 aromatic rings. The summed E-state index contributed by atoms with van der Waals surface area (Å²) in [5.74, 6) is 0. The normalized spacial score (nSPS) is 20.1. The molecule has 3 heteroatoms. The van der Waals surface area contributed by atoms with E-state index in [0.717, 1.165) is 22.3 Å². The molecule has 40 heavy (non-hydrogen) atoms. The van der Waals surface area contributed by atoms with Gasteiger partial charge in [-0.2, -0.15) is 0 Å². The van der Waals surface area contributed by atoms with Gasteiger partial charge in [-0.1, -0.05) is 158 Å². The Bertz CT molecular complexity index is 1350. The highest BCUT2D eigenvalue weighted by atomic mass is 16.7. The molecule has 2 atom stereocenters. The zero-order valence-corrected chi connectivity index (χ0v) is 22.0. The van der Waals surface area contributed by atoms with E-state index < -0.39 is 29.2 Å². The Kier molecular flexibility index (Phi) is 7.03. The molecular formula is C37H30O3. The van der Waals surface area contributed by atoms with E-state index >= 15 is 0 Å². The average molecular weight is 523 g/mol. The van der Waals surface area contributed by atoms with Gasteiger partial charge < -0.3 is 9.47 Å². The molecule has 6 rings (SSSR count). The molecule has 0 heterocycles. The zero-order valence-electron chi connectivity index (χ0n) is 22.0. The molecule has 0 fully saturated rings. The lowest BCUT2D eigenvalue weighted by molar-refractivity contribution is -0.000165. The maximum atomic E-state index is 13.7. The second-order valence-electron chi connectivity index (χ2n) is 10.0. The minimum absolute atomic E-state index is 0.610. The zero-order chi connectivity index (χ0) is 27.3. The highest BCUT2D eigenvalue weighted by Crippen LogP contribution is 2.43. The first kappa shape index (κ1) is 25.4. The highest BCUT2D eigenvalue weighted by molar-refractivity contribution is 5.64. The van der Waals surface area contributed by atoms with Crippen molar-refractivity contribution in [1.29, 1.82) is 0 Å². The van der Waals surface area contributed by atoms with Crippen LogP contribution in [-0.4, -0.2) is 18.4 Å². The first-order valence-corrected chi connectivity index (χ1v) is 13.5. The lowest BCUT2D eigenvalue weighted by Gasteiger charge is -2.41. The van der Waals surface area contributed by atoms with Gasteiger partial charge >= 0.3 is 6.16 Å². The van der Waals surface area contributed by atoms with E-state index in [9.17, 15) is 4.79 Å². The molecule has 0 N–H and O–H groups in total. The molecule has 0 spiro atoms. The maximum absolute atomic E-state index is 13.7. The predicted molar refractivity (Wildman–Crippen MR) is 159 cm³/mol. The number of carbonyl (C=O) groups is 1. The van der Waals surface area contributed by atoms with Gasteiger partial charge in [-0.15, -0.1) is 0 Å². The third-order valence-electron chi connectivity index (χ3n) is 7.86. The number of rotatable bonds is 6. The van der Waals surface area contributed by atoms with Crippen molar-refractivity contribution in [2.24, 2.45) is 0 Å². The van der Waals surface area contributed by atoms with Crippen molar-refractivity contribution in [1.82, 2.24) is 0 Å². The summed E-state index contributed by atoms with van der Waals surface area (Å²) in [6, 6.07) is 40.6. The van der Waals surface area contributed by atoms with Crippen molar-refractivity contribution in [2.75, 3.05) is 0 Å². The molecule has 0 radical (unpaired) electrons. The van der Waals surface area contributed by atoms with Gasteiger partial charge in [-0.25, -0.2) is 4.79 Å². The molecule has 3 nitrogen and oxygen atoms in total. The van der Waals surface area contributed by atoms with Crippen LogP contribution < -0.4 is 0 Å². The predicted octanol–water partition coefficient (Wildman–Crippen LogP) is 8.10. The standard InChI is InChI=1S/C37H30O3/c38-35(39-33-25-13-15-27-36(33,29-17-5-1-6-18-29)30-19-7-2-8-20-30)40-34-26-14-16-28-37(34,31-21-9-3-10-22-31)32-23-11-4-12-24-32/h1-28,33-34H. The summed E-state index contributed by atoms with van der Waals surface area (Å²) < 4.78 is 12.5. The molecule has 196 valence electrons. The van der Waals surface area contributed by atoms with Crippen LogP contribution in [0.3, 0.4) is 0 Å². The average Bonchev–Trinajstić information content (AvgIpc) is 3.03. The second kappa shape index (κ2) is 11.1. The quantitative estimate of drug-likeness (QED) is 0.240. The monoisotopic (exact) mass is 522 g/mol. The Morgan fingerprint density at radius 2 is 0.750 bits per heavy atom. The fourth-order valence-electron chi connectivity index (χ4n) is 5.97. The van der Waals surface area contributed by atoms with Gasteiger partial charge in [-0.3, -0.25) is 0 Å². The second-order valence-corrected chi connectivity index (χ2v) is 10.0. The van der Waals surface area contributed by atoms with Gasteiger partial charge in [0.2, 0.25) is 0 Å². The Morgan fingerprint density at radius 1 is 0.450 bits per heavy atom. The minimum atomic E-state index is -0.720. The van der Waals surface area contributed by atoms with Gasteiger partial charge in [-0.05, 0) is 34.4 Å². The number of benzene rings is 4. The molecule has 0 saturated heterocycles. The smallest absolute Gasteiger partial charge is 0.425 e. The first-order chi connectivity index (χ1) is 19.7. The summed E-state index contributed by atoms with van der Waals surface area (Å²) in [6.45, 7) is 0. The fourth-order valence-corrected chi connectivity index (χ4v) is 5.97. The van der Waals surface area contributed by atoms with E-state index in [-0.39, 0.29) is 0 Å². The molecule has 4 aromatic carbocycles. The maximum Gasteiger partial charge on any atom is 0.509 e. The van der Waals surface area contributed by atoms with Crippen LogP contribution in [0.2, 0.25) is 0 Å². The minimum Gasteiger partial charge on any atom is -0.425 e. The SMILES string of the molecule is O=C(OC1C=CC=CC1(c1ccccc1)c1ccccc1)OC1C=CC=CC1(c1ccccc1)c1ccccc1. The summed E-state index contributed by atoms with van der Waals surface area (Å²) in [5, 5.41) is 0. The molecule has 0 aliphatic heterocycles. The van der Waals surface area contributed by atoms with E-state index in [2.05, 4.69) is 60.7 Å². The Balaban J connectivity index is 1.36. The summed E-state index contributed by atoms with van der Waals surface area (Å²) >= 11 is 0. The Morgan fingerprint density at radius 3 is 1.05 bits per heavy atom. The molecule has 0 saturated carbocycles. The molecule has 0 bridgehead atoms. The molecule has 2 unspecified atom stereocenters. The van der Waals surface area contributed by atoms with Crippen molar-refractivity contribution >= 4 is 6.16 Å². The largest absolute Gasteiger partial charge is 0.509 e. The third kappa shape index (κ3) is 4.50. The van der Waals surface area contributed by atoms with Crippen LogP contribution in [0.15, 0.2) is 170 Å². The van der Waals surface area contributed by atoms with E-state index in [1.165, 1.54) is 0 Å². The topological polar surface area (TPSA) is 35.5 Å².